The van der Waals surface area contributed by atoms with Crippen molar-refractivity contribution < 1.29 is 8.78 Å². The first-order valence-corrected chi connectivity index (χ1v) is 7.46. The molecule has 25 heavy (non-hydrogen) atoms. The third-order valence-electron chi connectivity index (χ3n) is 3.67. The zero-order chi connectivity index (χ0) is 17.4. The topological polar surface area (TPSA) is 73.5 Å². The van der Waals surface area contributed by atoms with Crippen molar-refractivity contribution in [1.29, 1.82) is 0 Å². The van der Waals surface area contributed by atoms with Gasteiger partial charge in [-0.3, -0.25) is 4.68 Å². The molecule has 3 heterocycles. The minimum atomic E-state index is -0.499. The maximum Gasteiger partial charge on any atom is 0.229 e. The molecular formula is C16H13F2N7. The van der Waals surface area contributed by atoms with Crippen LogP contribution in [0.5, 0.6) is 0 Å². The second kappa shape index (κ2) is 5.93. The smallest absolute Gasteiger partial charge is 0.229 e. The Hall–Kier alpha value is -3.36. The number of nitrogens with one attached hydrogen (secondary N) is 1. The van der Waals surface area contributed by atoms with E-state index in [9.17, 15) is 8.78 Å². The summed E-state index contributed by atoms with van der Waals surface area (Å²) in [6.45, 7) is 0.0659. The van der Waals surface area contributed by atoms with Crippen LogP contribution < -0.4 is 5.32 Å². The third-order valence-corrected chi connectivity index (χ3v) is 3.67. The predicted molar refractivity (Wildman–Crippen MR) is 87.3 cm³/mol. The standard InChI is InChI=1S/C16H13F2N7/c1-24-9-13(7-20-24)22-16-19-5-11-6-21-25(15(11)23-16)8-10-4-12(17)2-3-14(10)18/h2-7,9H,8H2,1H3,(H,19,22,23). The molecule has 0 bridgehead atoms. The van der Waals surface area contributed by atoms with Crippen molar-refractivity contribution >= 4 is 22.7 Å². The lowest BCUT2D eigenvalue weighted by atomic mass is 10.2. The van der Waals surface area contributed by atoms with Gasteiger partial charge in [0.15, 0.2) is 5.65 Å². The minimum absolute atomic E-state index is 0.0659. The number of aromatic nitrogens is 6. The molecule has 126 valence electrons. The Bertz CT molecular complexity index is 1050. The maximum absolute atomic E-state index is 13.9. The summed E-state index contributed by atoms with van der Waals surface area (Å²) in [7, 11) is 1.80. The van der Waals surface area contributed by atoms with Gasteiger partial charge < -0.3 is 5.32 Å². The van der Waals surface area contributed by atoms with Gasteiger partial charge in [0.05, 0.1) is 30.0 Å². The Morgan fingerprint density at radius 1 is 1.12 bits per heavy atom. The van der Waals surface area contributed by atoms with E-state index in [0.717, 1.165) is 23.9 Å². The van der Waals surface area contributed by atoms with Crippen molar-refractivity contribution in [3.63, 3.8) is 0 Å². The first-order valence-electron chi connectivity index (χ1n) is 7.46. The lowest BCUT2D eigenvalue weighted by Gasteiger charge is -2.06. The first kappa shape index (κ1) is 15.2. The molecule has 0 spiro atoms. The number of hydrogen-bond donors (Lipinski definition) is 1. The minimum Gasteiger partial charge on any atom is -0.321 e. The molecule has 4 rings (SSSR count). The molecule has 0 radical (unpaired) electrons. The summed E-state index contributed by atoms with van der Waals surface area (Å²) >= 11 is 0. The highest BCUT2D eigenvalue weighted by Crippen LogP contribution is 2.18. The molecule has 0 aliphatic heterocycles. The SMILES string of the molecule is Cn1cc(Nc2ncc3cnn(Cc4cc(F)ccc4F)c3n2)cn1. The van der Waals surface area contributed by atoms with Gasteiger partial charge in [-0.2, -0.15) is 15.2 Å². The second-order valence-electron chi connectivity index (χ2n) is 5.54. The van der Waals surface area contributed by atoms with Crippen molar-refractivity contribution in [2.75, 3.05) is 5.32 Å². The van der Waals surface area contributed by atoms with Crippen molar-refractivity contribution in [3.05, 3.63) is 60.2 Å². The van der Waals surface area contributed by atoms with Crippen molar-refractivity contribution in [3.8, 4) is 0 Å². The number of hydrogen-bond acceptors (Lipinski definition) is 5. The van der Waals surface area contributed by atoms with E-state index < -0.39 is 11.6 Å². The van der Waals surface area contributed by atoms with Crippen LogP contribution >= 0.6 is 0 Å². The average molecular weight is 341 g/mol. The molecule has 9 heteroatoms. The number of fused-ring (bicyclic) bond motifs is 1. The largest absolute Gasteiger partial charge is 0.321 e. The highest BCUT2D eigenvalue weighted by atomic mass is 19.1. The molecule has 1 N–H and O–H groups in total. The van der Waals surface area contributed by atoms with Crippen LogP contribution in [0.2, 0.25) is 0 Å². The molecule has 1 aromatic carbocycles. The third kappa shape index (κ3) is 3.03. The van der Waals surface area contributed by atoms with Gasteiger partial charge >= 0.3 is 0 Å². The van der Waals surface area contributed by atoms with Gasteiger partial charge in [0.2, 0.25) is 5.95 Å². The number of rotatable bonds is 4. The molecule has 3 aromatic heterocycles. The lowest BCUT2D eigenvalue weighted by molar-refractivity contribution is 0.569. The van der Waals surface area contributed by atoms with Gasteiger partial charge in [0, 0.05) is 25.0 Å². The van der Waals surface area contributed by atoms with Gasteiger partial charge in [-0.1, -0.05) is 0 Å². The number of halogens is 2. The molecule has 0 saturated carbocycles. The van der Waals surface area contributed by atoms with Gasteiger partial charge in [0.1, 0.15) is 11.6 Å². The van der Waals surface area contributed by atoms with Gasteiger partial charge in [-0.15, -0.1) is 0 Å². The summed E-state index contributed by atoms with van der Waals surface area (Å²) in [6.07, 6.45) is 6.63. The van der Waals surface area contributed by atoms with Crippen molar-refractivity contribution in [2.45, 2.75) is 6.54 Å². The fourth-order valence-electron chi connectivity index (χ4n) is 2.48. The van der Waals surface area contributed by atoms with Crippen molar-refractivity contribution in [2.24, 2.45) is 7.05 Å². The Kier molecular flexibility index (Phi) is 3.60. The van der Waals surface area contributed by atoms with Crippen LogP contribution in [-0.2, 0) is 13.6 Å². The van der Waals surface area contributed by atoms with E-state index in [1.165, 1.54) is 4.68 Å². The van der Waals surface area contributed by atoms with E-state index >= 15 is 0 Å². The molecule has 0 unspecified atom stereocenters. The van der Waals surface area contributed by atoms with Gasteiger partial charge in [-0.25, -0.2) is 18.4 Å². The van der Waals surface area contributed by atoms with E-state index in [0.29, 0.717) is 17.0 Å². The Morgan fingerprint density at radius 2 is 2.00 bits per heavy atom. The van der Waals surface area contributed by atoms with Crippen LogP contribution in [0.4, 0.5) is 20.4 Å². The summed E-state index contributed by atoms with van der Waals surface area (Å²) in [5.74, 6) is -0.629. The van der Waals surface area contributed by atoms with E-state index in [2.05, 4.69) is 25.5 Å². The number of anilines is 2. The Labute approximate surface area is 140 Å². The predicted octanol–water partition coefficient (Wildman–Crippen LogP) is 2.63. The van der Waals surface area contributed by atoms with Crippen LogP contribution in [0, 0.1) is 11.6 Å². The molecular weight excluding hydrogens is 328 g/mol. The number of aryl methyl sites for hydroxylation is 1. The molecule has 0 fully saturated rings. The Balaban J connectivity index is 1.67. The van der Waals surface area contributed by atoms with Crippen LogP contribution in [0.15, 0.2) is 43.0 Å². The van der Waals surface area contributed by atoms with Gasteiger partial charge in [0.25, 0.3) is 0 Å². The van der Waals surface area contributed by atoms with E-state index in [4.69, 9.17) is 0 Å². The molecule has 0 aliphatic rings. The summed E-state index contributed by atoms with van der Waals surface area (Å²) < 4.78 is 30.4. The van der Waals surface area contributed by atoms with Crippen molar-refractivity contribution in [1.82, 2.24) is 29.5 Å². The average Bonchev–Trinajstić information content (AvgIpc) is 3.17. The molecule has 0 saturated heterocycles. The fraction of sp³-hybridized carbons (Fsp3) is 0.125. The van der Waals surface area contributed by atoms with Gasteiger partial charge in [-0.05, 0) is 18.2 Å². The van der Waals surface area contributed by atoms with E-state index in [1.807, 2.05) is 0 Å². The highest BCUT2D eigenvalue weighted by Gasteiger charge is 2.11. The number of nitrogens with zero attached hydrogens (tertiary/aromatic N) is 6. The van der Waals surface area contributed by atoms with Crippen LogP contribution in [0.1, 0.15) is 5.56 Å². The normalized spacial score (nSPS) is 11.2. The Morgan fingerprint density at radius 3 is 2.80 bits per heavy atom. The summed E-state index contributed by atoms with van der Waals surface area (Å²) in [5, 5.41) is 12.0. The van der Waals surface area contributed by atoms with Crippen LogP contribution in [0.3, 0.4) is 0 Å². The molecule has 7 nitrogen and oxygen atoms in total. The highest BCUT2D eigenvalue weighted by molar-refractivity contribution is 5.75. The zero-order valence-electron chi connectivity index (χ0n) is 13.2. The first-order chi connectivity index (χ1) is 12.1. The monoisotopic (exact) mass is 341 g/mol. The number of benzene rings is 1. The molecule has 0 atom stereocenters. The van der Waals surface area contributed by atoms with E-state index in [-0.39, 0.29) is 12.1 Å². The van der Waals surface area contributed by atoms with Crippen LogP contribution in [-0.4, -0.2) is 29.5 Å². The van der Waals surface area contributed by atoms with E-state index in [1.54, 1.807) is 36.5 Å². The lowest BCUT2D eigenvalue weighted by Crippen LogP contribution is -2.06. The molecule has 0 aliphatic carbocycles. The second-order valence-corrected chi connectivity index (χ2v) is 5.54. The summed E-state index contributed by atoms with van der Waals surface area (Å²) in [5.41, 5.74) is 1.46. The van der Waals surface area contributed by atoms with Crippen LogP contribution in [0.25, 0.3) is 11.0 Å². The summed E-state index contributed by atoms with van der Waals surface area (Å²) in [4.78, 5) is 8.63. The quantitative estimate of drug-likeness (QED) is 0.618. The fourth-order valence-corrected chi connectivity index (χ4v) is 2.48. The zero-order valence-corrected chi connectivity index (χ0v) is 13.2. The molecule has 4 aromatic rings. The summed E-state index contributed by atoms with van der Waals surface area (Å²) in [6, 6.07) is 3.33. The molecule has 0 amide bonds. The maximum atomic E-state index is 13.9.